The second kappa shape index (κ2) is 7.40. The van der Waals surface area contributed by atoms with Gasteiger partial charge in [-0.25, -0.2) is 0 Å². The minimum atomic E-state index is -0.204. The zero-order valence-corrected chi connectivity index (χ0v) is 7.75. The van der Waals surface area contributed by atoms with Gasteiger partial charge in [0.1, 0.15) is 0 Å². The molecule has 0 atom stereocenters. The Labute approximate surface area is 78.2 Å². The summed E-state index contributed by atoms with van der Waals surface area (Å²) in [5, 5.41) is 10.7. The van der Waals surface area contributed by atoms with Crippen molar-refractivity contribution in [3.8, 4) is 0 Å². The molecule has 0 heterocycles. The standard InChI is InChI=1S/C6H12O2S.Li/c1-4-8-6(7)5(2)9-3;/h7H,4H2,1-3H3;/q;+1/p-1/b6-5+;. The monoisotopic (exact) mass is 154 g/mol. The fourth-order valence-electron chi connectivity index (χ4n) is 0.316. The molecular formula is C6H11LiO2S. The summed E-state index contributed by atoms with van der Waals surface area (Å²) in [5.41, 5.74) is 0. The number of rotatable bonds is 3. The van der Waals surface area contributed by atoms with Crippen LogP contribution in [0, 0.1) is 0 Å². The van der Waals surface area contributed by atoms with Gasteiger partial charge in [0.2, 0.25) is 0 Å². The molecule has 4 heteroatoms. The molecule has 0 N–H and O–H groups in total. The number of thioether (sulfide) groups is 1. The molecule has 0 aromatic rings. The molecule has 0 fully saturated rings. The Morgan fingerprint density at radius 2 is 2.10 bits per heavy atom. The Hall–Kier alpha value is 0.287. The van der Waals surface area contributed by atoms with Gasteiger partial charge in [-0.2, -0.15) is 0 Å². The Morgan fingerprint density at radius 1 is 1.60 bits per heavy atom. The van der Waals surface area contributed by atoms with Crippen molar-refractivity contribution in [3.05, 3.63) is 10.9 Å². The smallest absolute Gasteiger partial charge is 0.613 e. The zero-order chi connectivity index (χ0) is 7.28. The Balaban J connectivity index is 0. The van der Waals surface area contributed by atoms with Gasteiger partial charge in [-0.1, -0.05) is 6.92 Å². The second-order valence-corrected chi connectivity index (χ2v) is 2.50. The Morgan fingerprint density at radius 3 is 2.40 bits per heavy atom. The minimum absolute atomic E-state index is 0. The summed E-state index contributed by atoms with van der Waals surface area (Å²) in [6.45, 7) is 4.00. The van der Waals surface area contributed by atoms with E-state index in [4.69, 9.17) is 4.74 Å². The fourth-order valence-corrected chi connectivity index (χ4v) is 0.542. The molecule has 0 aliphatic carbocycles. The van der Waals surface area contributed by atoms with Gasteiger partial charge in [0, 0.05) is 4.91 Å². The van der Waals surface area contributed by atoms with Crippen molar-refractivity contribution in [2.45, 2.75) is 13.8 Å². The van der Waals surface area contributed by atoms with Crippen LogP contribution in [0.5, 0.6) is 0 Å². The number of allylic oxidation sites excluding steroid dienone is 1. The molecule has 54 valence electrons. The first-order chi connectivity index (χ1) is 4.22. The first-order valence-electron chi connectivity index (χ1n) is 2.77. The van der Waals surface area contributed by atoms with Crippen molar-refractivity contribution in [1.29, 1.82) is 0 Å². The number of ether oxygens (including phenoxy) is 1. The van der Waals surface area contributed by atoms with Gasteiger partial charge >= 0.3 is 18.9 Å². The predicted octanol–water partition coefficient (Wildman–Crippen LogP) is -2.06. The van der Waals surface area contributed by atoms with E-state index in [1.165, 1.54) is 11.8 Å². The van der Waals surface area contributed by atoms with E-state index in [2.05, 4.69) is 0 Å². The zero-order valence-electron chi connectivity index (χ0n) is 6.93. The average molecular weight is 154 g/mol. The molecule has 10 heavy (non-hydrogen) atoms. The molecule has 0 unspecified atom stereocenters. The molecule has 0 aromatic carbocycles. The molecule has 0 rings (SSSR count). The van der Waals surface area contributed by atoms with E-state index in [1.807, 2.05) is 6.26 Å². The fraction of sp³-hybridized carbons (Fsp3) is 0.667. The quantitative estimate of drug-likeness (QED) is 0.346. The maximum atomic E-state index is 10.7. The van der Waals surface area contributed by atoms with Crippen molar-refractivity contribution < 1.29 is 28.7 Å². The van der Waals surface area contributed by atoms with E-state index in [0.717, 1.165) is 0 Å². The van der Waals surface area contributed by atoms with Crippen LogP contribution in [0.4, 0.5) is 0 Å². The van der Waals surface area contributed by atoms with Crippen molar-refractivity contribution in [1.82, 2.24) is 0 Å². The molecular weight excluding hydrogens is 143 g/mol. The Kier molecular flexibility index (Phi) is 9.55. The van der Waals surface area contributed by atoms with Crippen LogP contribution in [-0.2, 0) is 4.74 Å². The van der Waals surface area contributed by atoms with Crippen LogP contribution < -0.4 is 24.0 Å². The van der Waals surface area contributed by atoms with Gasteiger partial charge in [-0.3, -0.25) is 0 Å². The molecule has 0 aromatic heterocycles. The van der Waals surface area contributed by atoms with Crippen molar-refractivity contribution >= 4 is 11.8 Å². The van der Waals surface area contributed by atoms with Crippen LogP contribution in [0.15, 0.2) is 10.9 Å². The SMILES string of the molecule is CCO/C([O-])=C(\C)SC.[Li+]. The van der Waals surface area contributed by atoms with E-state index in [-0.39, 0.29) is 24.8 Å². The van der Waals surface area contributed by atoms with Crippen LogP contribution in [0.3, 0.4) is 0 Å². The van der Waals surface area contributed by atoms with E-state index >= 15 is 0 Å². The summed E-state index contributed by atoms with van der Waals surface area (Å²) in [6.07, 6.45) is 1.85. The van der Waals surface area contributed by atoms with Gasteiger partial charge in [0.15, 0.2) is 0 Å². The maximum absolute atomic E-state index is 10.7. The predicted molar refractivity (Wildman–Crippen MR) is 37.8 cm³/mol. The molecule has 0 aliphatic rings. The van der Waals surface area contributed by atoms with Crippen LogP contribution in [0.2, 0.25) is 0 Å². The third-order valence-electron chi connectivity index (χ3n) is 0.869. The van der Waals surface area contributed by atoms with Crippen LogP contribution in [0.25, 0.3) is 0 Å². The van der Waals surface area contributed by atoms with Crippen molar-refractivity contribution in [3.63, 3.8) is 0 Å². The minimum Gasteiger partial charge on any atom is -0.613 e. The van der Waals surface area contributed by atoms with Crippen LogP contribution in [-0.4, -0.2) is 12.9 Å². The molecule has 0 spiro atoms. The summed E-state index contributed by atoms with van der Waals surface area (Å²) in [6, 6.07) is 0. The van der Waals surface area contributed by atoms with Gasteiger partial charge in [-0.15, -0.1) is 11.8 Å². The van der Waals surface area contributed by atoms with Crippen molar-refractivity contribution in [2.75, 3.05) is 12.9 Å². The summed E-state index contributed by atoms with van der Waals surface area (Å²) in [5.74, 6) is -0.204. The Bertz CT molecular complexity index is 114. The van der Waals surface area contributed by atoms with E-state index in [9.17, 15) is 5.11 Å². The molecule has 0 saturated heterocycles. The summed E-state index contributed by atoms with van der Waals surface area (Å²) < 4.78 is 4.70. The van der Waals surface area contributed by atoms with Gasteiger partial charge < -0.3 is 9.84 Å². The molecule has 0 radical (unpaired) electrons. The number of hydrogen-bond donors (Lipinski definition) is 0. The normalized spacial score (nSPS) is 11.5. The molecule has 0 aliphatic heterocycles. The number of hydrogen-bond acceptors (Lipinski definition) is 3. The topological polar surface area (TPSA) is 32.3 Å². The summed E-state index contributed by atoms with van der Waals surface area (Å²) in [4.78, 5) is 0.705. The van der Waals surface area contributed by atoms with Crippen LogP contribution in [0.1, 0.15) is 13.8 Å². The summed E-state index contributed by atoms with van der Waals surface area (Å²) >= 11 is 1.41. The van der Waals surface area contributed by atoms with Gasteiger partial charge in [0.25, 0.3) is 0 Å². The van der Waals surface area contributed by atoms with Gasteiger partial charge in [-0.05, 0) is 19.8 Å². The first kappa shape index (κ1) is 12.9. The first-order valence-corrected chi connectivity index (χ1v) is 3.99. The second-order valence-electron chi connectivity index (χ2n) is 1.48. The molecule has 0 saturated carbocycles. The van der Waals surface area contributed by atoms with Gasteiger partial charge in [0.05, 0.1) is 5.95 Å². The van der Waals surface area contributed by atoms with E-state index < -0.39 is 0 Å². The van der Waals surface area contributed by atoms with E-state index in [1.54, 1.807) is 13.8 Å². The average Bonchev–Trinajstić information content (AvgIpc) is 1.87. The molecule has 2 nitrogen and oxygen atoms in total. The third-order valence-corrected chi connectivity index (χ3v) is 1.65. The van der Waals surface area contributed by atoms with Crippen LogP contribution >= 0.6 is 11.8 Å². The maximum Gasteiger partial charge on any atom is 1.00 e. The molecule has 0 bridgehead atoms. The largest absolute Gasteiger partial charge is 1.00 e. The van der Waals surface area contributed by atoms with Crippen molar-refractivity contribution in [2.24, 2.45) is 0 Å². The third kappa shape index (κ3) is 5.10. The molecule has 0 amide bonds. The van der Waals surface area contributed by atoms with E-state index in [0.29, 0.717) is 11.5 Å². The summed E-state index contributed by atoms with van der Waals surface area (Å²) in [7, 11) is 0.